The molecule has 0 bridgehead atoms. The fourth-order valence-corrected chi connectivity index (χ4v) is 4.16. The van der Waals surface area contributed by atoms with Crippen LogP contribution in [0.3, 0.4) is 0 Å². The lowest BCUT2D eigenvalue weighted by Crippen LogP contribution is -2.13. The van der Waals surface area contributed by atoms with E-state index in [0.717, 1.165) is 35.4 Å². The molecule has 26 heavy (non-hydrogen) atoms. The Balaban J connectivity index is 1.66. The predicted octanol–water partition coefficient (Wildman–Crippen LogP) is 4.69. The highest BCUT2D eigenvalue weighted by atomic mass is 32.2. The summed E-state index contributed by atoms with van der Waals surface area (Å²) in [4.78, 5) is 4.99. The van der Waals surface area contributed by atoms with Gasteiger partial charge in [0.15, 0.2) is 0 Å². The van der Waals surface area contributed by atoms with Gasteiger partial charge in [0.2, 0.25) is 0 Å². The zero-order chi connectivity index (χ0) is 18.1. The van der Waals surface area contributed by atoms with E-state index in [1.807, 2.05) is 31.2 Å². The first-order valence-corrected chi connectivity index (χ1v) is 10.5. The van der Waals surface area contributed by atoms with E-state index in [2.05, 4.69) is 4.72 Å². The van der Waals surface area contributed by atoms with Crippen LogP contribution in [-0.2, 0) is 16.4 Å². The first-order chi connectivity index (χ1) is 12.5. The van der Waals surface area contributed by atoms with Crippen molar-refractivity contribution in [3.8, 4) is 0 Å². The number of pyridine rings is 1. The average Bonchev–Trinajstić information content (AvgIpc) is 3.45. The number of nitrogens with one attached hydrogen (secondary N) is 1. The van der Waals surface area contributed by atoms with Crippen LogP contribution in [0.2, 0.25) is 0 Å². The van der Waals surface area contributed by atoms with Gasteiger partial charge in [-0.05, 0) is 49.9 Å². The predicted molar refractivity (Wildman–Crippen MR) is 105 cm³/mol. The molecule has 4 nitrogen and oxygen atoms in total. The van der Waals surface area contributed by atoms with Gasteiger partial charge in [-0.3, -0.25) is 9.71 Å². The smallest absolute Gasteiger partial charge is 0.261 e. The lowest BCUT2D eigenvalue weighted by atomic mass is 10.1. The summed E-state index contributed by atoms with van der Waals surface area (Å²) in [5.41, 5.74) is 3.27. The molecule has 1 saturated carbocycles. The Morgan fingerprint density at radius 3 is 2.54 bits per heavy atom. The van der Waals surface area contributed by atoms with Crippen molar-refractivity contribution >= 4 is 26.6 Å². The van der Waals surface area contributed by atoms with Crippen molar-refractivity contribution in [2.75, 3.05) is 4.72 Å². The second-order valence-corrected chi connectivity index (χ2v) is 8.76. The summed E-state index contributed by atoms with van der Waals surface area (Å²) in [7, 11) is -3.64. The maximum Gasteiger partial charge on any atom is 0.261 e. The molecule has 5 heteroatoms. The van der Waals surface area contributed by atoms with E-state index in [1.54, 1.807) is 30.3 Å². The van der Waals surface area contributed by atoms with Crippen LogP contribution in [0.5, 0.6) is 0 Å². The molecule has 2 aromatic carbocycles. The molecule has 0 aliphatic heterocycles. The van der Waals surface area contributed by atoms with Gasteiger partial charge in [0.1, 0.15) is 0 Å². The van der Waals surface area contributed by atoms with Crippen molar-refractivity contribution in [1.82, 2.24) is 4.98 Å². The quantitative estimate of drug-likeness (QED) is 0.689. The van der Waals surface area contributed by atoms with Crippen LogP contribution < -0.4 is 4.72 Å². The molecular weight excluding hydrogens is 344 g/mol. The number of benzene rings is 2. The van der Waals surface area contributed by atoms with Crippen LogP contribution in [0, 0.1) is 12.8 Å². The average molecular weight is 366 g/mol. The molecule has 0 atom stereocenters. The van der Waals surface area contributed by atoms with Crippen LogP contribution in [0.15, 0.2) is 59.5 Å². The summed E-state index contributed by atoms with van der Waals surface area (Å²) in [6.45, 7) is 1.93. The number of hydrogen-bond donors (Lipinski definition) is 1. The fourth-order valence-electron chi connectivity index (χ4n) is 3.09. The summed E-state index contributed by atoms with van der Waals surface area (Å²) in [5, 5.41) is 0.935. The van der Waals surface area contributed by atoms with Crippen molar-refractivity contribution in [2.45, 2.75) is 37.5 Å². The molecule has 1 fully saturated rings. The van der Waals surface area contributed by atoms with Gasteiger partial charge < -0.3 is 0 Å². The first kappa shape index (κ1) is 17.0. The minimum Gasteiger partial charge on any atom is -0.277 e. The summed E-state index contributed by atoms with van der Waals surface area (Å²) in [6.07, 6.45) is 4.76. The van der Waals surface area contributed by atoms with E-state index in [-0.39, 0.29) is 4.90 Å². The number of fused-ring (bicyclic) bond motifs is 1. The van der Waals surface area contributed by atoms with Crippen LogP contribution in [0.1, 0.15) is 30.5 Å². The largest absolute Gasteiger partial charge is 0.277 e. The lowest BCUT2D eigenvalue weighted by molar-refractivity contribution is 0.601. The molecule has 0 saturated heterocycles. The number of hydrogen-bond acceptors (Lipinski definition) is 3. The Kier molecular flexibility index (Phi) is 4.41. The minimum absolute atomic E-state index is 0.255. The molecule has 4 rings (SSSR count). The number of aromatic nitrogens is 1. The summed E-state index contributed by atoms with van der Waals surface area (Å²) < 4.78 is 28.2. The second kappa shape index (κ2) is 6.72. The highest BCUT2D eigenvalue weighted by molar-refractivity contribution is 7.92. The SMILES string of the molecule is Cc1ccc(S(=O)(=O)Nc2cccc3ccc(CCC4CC4)nc23)cc1. The molecule has 0 amide bonds. The lowest BCUT2D eigenvalue weighted by Gasteiger charge is -2.11. The Labute approximate surface area is 154 Å². The molecule has 1 aliphatic carbocycles. The zero-order valence-corrected chi connectivity index (χ0v) is 15.6. The van der Waals surface area contributed by atoms with Gasteiger partial charge >= 0.3 is 0 Å². The summed E-state index contributed by atoms with van der Waals surface area (Å²) in [5.74, 6) is 0.850. The van der Waals surface area contributed by atoms with E-state index in [9.17, 15) is 8.42 Å². The van der Waals surface area contributed by atoms with E-state index in [4.69, 9.17) is 4.98 Å². The van der Waals surface area contributed by atoms with E-state index < -0.39 is 10.0 Å². The van der Waals surface area contributed by atoms with Gasteiger partial charge in [0.25, 0.3) is 10.0 Å². The third kappa shape index (κ3) is 3.73. The van der Waals surface area contributed by atoms with Gasteiger partial charge in [0, 0.05) is 11.1 Å². The Morgan fingerprint density at radius 2 is 1.81 bits per heavy atom. The monoisotopic (exact) mass is 366 g/mol. The van der Waals surface area contributed by atoms with Gasteiger partial charge in [-0.25, -0.2) is 8.42 Å². The fraction of sp³-hybridized carbons (Fsp3) is 0.286. The van der Waals surface area contributed by atoms with Crippen molar-refractivity contribution in [1.29, 1.82) is 0 Å². The normalized spacial score (nSPS) is 14.5. The van der Waals surface area contributed by atoms with Crippen LogP contribution in [0.25, 0.3) is 10.9 Å². The van der Waals surface area contributed by atoms with Crippen molar-refractivity contribution in [3.05, 3.63) is 65.9 Å². The van der Waals surface area contributed by atoms with E-state index >= 15 is 0 Å². The Morgan fingerprint density at radius 1 is 1.04 bits per heavy atom. The number of aryl methyl sites for hydroxylation is 2. The molecule has 1 aliphatic rings. The summed E-state index contributed by atoms with van der Waals surface area (Å²) >= 11 is 0. The Bertz CT molecular complexity index is 1040. The molecule has 134 valence electrons. The van der Waals surface area contributed by atoms with Crippen molar-refractivity contribution in [2.24, 2.45) is 5.92 Å². The number of para-hydroxylation sites is 1. The highest BCUT2D eigenvalue weighted by Crippen LogP contribution is 2.33. The molecular formula is C21H22N2O2S. The molecule has 0 radical (unpaired) electrons. The number of nitrogens with zero attached hydrogens (tertiary/aromatic N) is 1. The zero-order valence-electron chi connectivity index (χ0n) is 14.8. The molecule has 1 N–H and O–H groups in total. The highest BCUT2D eigenvalue weighted by Gasteiger charge is 2.21. The molecule has 1 aromatic heterocycles. The second-order valence-electron chi connectivity index (χ2n) is 7.08. The standard InChI is InChI=1S/C21H22N2O2S/c1-15-5-13-19(14-6-15)26(24,25)23-20-4-2-3-17-10-12-18(22-21(17)20)11-9-16-7-8-16/h2-6,10,12-14,16,23H,7-9,11H2,1H3. The van der Waals surface area contributed by atoms with Gasteiger partial charge in [0.05, 0.1) is 16.1 Å². The van der Waals surface area contributed by atoms with Crippen LogP contribution in [0.4, 0.5) is 5.69 Å². The molecule has 0 unspecified atom stereocenters. The van der Waals surface area contributed by atoms with Crippen molar-refractivity contribution in [3.63, 3.8) is 0 Å². The maximum absolute atomic E-state index is 12.7. The van der Waals surface area contributed by atoms with Crippen LogP contribution >= 0.6 is 0 Å². The first-order valence-electron chi connectivity index (χ1n) is 8.99. The molecule has 1 heterocycles. The molecule has 0 spiro atoms. The Hall–Kier alpha value is -2.40. The third-order valence-electron chi connectivity index (χ3n) is 4.86. The van der Waals surface area contributed by atoms with E-state index in [1.165, 1.54) is 12.8 Å². The summed E-state index contributed by atoms with van der Waals surface area (Å²) in [6, 6.07) is 16.5. The molecule has 3 aromatic rings. The van der Waals surface area contributed by atoms with Crippen LogP contribution in [-0.4, -0.2) is 13.4 Å². The topological polar surface area (TPSA) is 59.1 Å². The van der Waals surface area contributed by atoms with Gasteiger partial charge in [-0.15, -0.1) is 0 Å². The maximum atomic E-state index is 12.7. The van der Waals surface area contributed by atoms with Crippen molar-refractivity contribution < 1.29 is 8.42 Å². The minimum atomic E-state index is -3.64. The van der Waals surface area contributed by atoms with E-state index in [0.29, 0.717) is 11.2 Å². The number of rotatable bonds is 6. The third-order valence-corrected chi connectivity index (χ3v) is 6.24. The van der Waals surface area contributed by atoms with Gasteiger partial charge in [-0.1, -0.05) is 48.7 Å². The number of sulfonamides is 1. The number of anilines is 1. The van der Waals surface area contributed by atoms with Gasteiger partial charge in [-0.2, -0.15) is 0 Å².